The second-order valence-electron chi connectivity index (χ2n) is 3.42. The molecule has 0 aliphatic carbocycles. The standard InChI is InChI=1S/C11H10ClIN4/c12-7-5-6(13)1-3-9(7)16-10-4-2-8(14)11(15)17-10/h1-5H,14H2,(H3,15,16,17). The van der Waals surface area contributed by atoms with Gasteiger partial charge in [0.2, 0.25) is 0 Å². The van der Waals surface area contributed by atoms with E-state index < -0.39 is 0 Å². The van der Waals surface area contributed by atoms with Gasteiger partial charge in [0, 0.05) is 3.57 Å². The van der Waals surface area contributed by atoms with Crippen LogP contribution >= 0.6 is 34.2 Å². The molecule has 1 heterocycles. The number of pyridine rings is 1. The van der Waals surface area contributed by atoms with Crippen molar-refractivity contribution in [3.05, 3.63) is 38.9 Å². The lowest BCUT2D eigenvalue weighted by atomic mass is 10.3. The van der Waals surface area contributed by atoms with E-state index in [0.29, 0.717) is 22.3 Å². The topological polar surface area (TPSA) is 77.0 Å². The monoisotopic (exact) mass is 360 g/mol. The Labute approximate surface area is 118 Å². The highest BCUT2D eigenvalue weighted by Crippen LogP contribution is 2.27. The number of nitrogens with one attached hydrogen (secondary N) is 1. The lowest BCUT2D eigenvalue weighted by molar-refractivity contribution is 1.32. The van der Waals surface area contributed by atoms with Crippen LogP contribution in [0.15, 0.2) is 30.3 Å². The Kier molecular flexibility index (Phi) is 3.58. The number of nitrogens with zero attached hydrogens (tertiary/aromatic N) is 1. The lowest BCUT2D eigenvalue weighted by Crippen LogP contribution is -2.01. The molecule has 0 aliphatic heterocycles. The molecule has 2 aromatic rings. The number of anilines is 4. The predicted octanol–water partition coefficient (Wildman–Crippen LogP) is 3.25. The fourth-order valence-corrected chi connectivity index (χ4v) is 2.19. The molecule has 4 nitrogen and oxygen atoms in total. The fraction of sp³-hybridized carbons (Fsp3) is 0. The molecule has 88 valence electrons. The van der Waals surface area contributed by atoms with E-state index in [-0.39, 0.29) is 0 Å². The summed E-state index contributed by atoms with van der Waals surface area (Å²) in [4.78, 5) is 4.11. The number of hydrogen-bond donors (Lipinski definition) is 3. The summed E-state index contributed by atoms with van der Waals surface area (Å²) in [6.07, 6.45) is 0. The van der Waals surface area contributed by atoms with Gasteiger partial charge in [0.1, 0.15) is 11.6 Å². The summed E-state index contributed by atoms with van der Waals surface area (Å²) in [5.74, 6) is 0.913. The van der Waals surface area contributed by atoms with Gasteiger partial charge in [-0.05, 0) is 52.9 Å². The summed E-state index contributed by atoms with van der Waals surface area (Å²) < 4.78 is 1.07. The van der Waals surface area contributed by atoms with E-state index in [2.05, 4.69) is 32.9 Å². The molecular weight excluding hydrogens is 351 g/mol. The summed E-state index contributed by atoms with van der Waals surface area (Å²) >= 11 is 8.30. The normalized spacial score (nSPS) is 10.2. The minimum Gasteiger partial charge on any atom is -0.396 e. The Bertz CT molecular complexity index is 559. The molecule has 1 aromatic heterocycles. The number of rotatable bonds is 2. The fourth-order valence-electron chi connectivity index (χ4n) is 1.28. The van der Waals surface area contributed by atoms with Crippen molar-refractivity contribution >= 4 is 57.2 Å². The Balaban J connectivity index is 2.28. The van der Waals surface area contributed by atoms with Crippen LogP contribution in [0.3, 0.4) is 0 Å². The number of aromatic nitrogens is 1. The van der Waals surface area contributed by atoms with Gasteiger partial charge in [0.25, 0.3) is 0 Å². The molecule has 0 radical (unpaired) electrons. The van der Waals surface area contributed by atoms with Crippen LogP contribution in [-0.4, -0.2) is 4.98 Å². The molecule has 0 saturated heterocycles. The highest BCUT2D eigenvalue weighted by atomic mass is 127. The molecule has 0 saturated carbocycles. The second-order valence-corrected chi connectivity index (χ2v) is 5.07. The number of halogens is 2. The van der Waals surface area contributed by atoms with E-state index >= 15 is 0 Å². The molecule has 1 aromatic carbocycles. The van der Waals surface area contributed by atoms with Crippen molar-refractivity contribution < 1.29 is 0 Å². The van der Waals surface area contributed by atoms with Crippen molar-refractivity contribution in [2.75, 3.05) is 16.8 Å². The van der Waals surface area contributed by atoms with E-state index in [0.717, 1.165) is 9.26 Å². The third-order valence-electron chi connectivity index (χ3n) is 2.15. The minimum absolute atomic E-state index is 0.302. The molecule has 0 unspecified atom stereocenters. The molecule has 0 amide bonds. The molecule has 6 heteroatoms. The highest BCUT2D eigenvalue weighted by molar-refractivity contribution is 14.1. The van der Waals surface area contributed by atoms with Crippen LogP contribution in [0.1, 0.15) is 0 Å². The molecule has 0 aliphatic rings. The minimum atomic E-state index is 0.302. The van der Waals surface area contributed by atoms with E-state index in [9.17, 15) is 0 Å². The van der Waals surface area contributed by atoms with Gasteiger partial charge >= 0.3 is 0 Å². The third kappa shape index (κ3) is 2.92. The second kappa shape index (κ2) is 4.97. The highest BCUT2D eigenvalue weighted by Gasteiger charge is 2.03. The van der Waals surface area contributed by atoms with Crippen molar-refractivity contribution in [3.63, 3.8) is 0 Å². The molecule has 0 fully saturated rings. The van der Waals surface area contributed by atoms with Crippen molar-refractivity contribution in [1.82, 2.24) is 4.98 Å². The lowest BCUT2D eigenvalue weighted by Gasteiger charge is -2.09. The van der Waals surface area contributed by atoms with E-state index in [1.54, 1.807) is 12.1 Å². The molecule has 0 atom stereocenters. The molecule has 0 spiro atoms. The van der Waals surface area contributed by atoms with Gasteiger partial charge in [-0.25, -0.2) is 4.98 Å². The van der Waals surface area contributed by atoms with E-state index in [1.165, 1.54) is 0 Å². The van der Waals surface area contributed by atoms with Crippen molar-refractivity contribution in [3.8, 4) is 0 Å². The van der Waals surface area contributed by atoms with Crippen LogP contribution in [0.4, 0.5) is 23.0 Å². The van der Waals surface area contributed by atoms with Gasteiger partial charge in [0.05, 0.1) is 16.4 Å². The van der Waals surface area contributed by atoms with E-state index in [1.807, 2.05) is 18.2 Å². The summed E-state index contributed by atoms with van der Waals surface area (Å²) in [7, 11) is 0. The molecule has 5 N–H and O–H groups in total. The SMILES string of the molecule is Nc1ccc(Nc2ccc(I)cc2Cl)nc1N. The zero-order chi connectivity index (χ0) is 12.4. The summed E-state index contributed by atoms with van der Waals surface area (Å²) in [6.45, 7) is 0. The zero-order valence-corrected chi connectivity index (χ0v) is 11.7. The Morgan fingerprint density at radius 2 is 1.94 bits per heavy atom. The number of benzene rings is 1. The van der Waals surface area contributed by atoms with Crippen LogP contribution in [0.25, 0.3) is 0 Å². The maximum atomic E-state index is 6.10. The number of nitrogens with two attached hydrogens (primary N) is 2. The Morgan fingerprint density at radius 1 is 1.18 bits per heavy atom. The maximum Gasteiger partial charge on any atom is 0.149 e. The molecule has 0 bridgehead atoms. The van der Waals surface area contributed by atoms with Gasteiger partial charge in [-0.3, -0.25) is 0 Å². The summed E-state index contributed by atoms with van der Waals surface area (Å²) in [6, 6.07) is 9.16. The quantitative estimate of drug-likeness (QED) is 0.719. The Hall–Kier alpha value is -1.21. The van der Waals surface area contributed by atoms with Gasteiger partial charge in [0.15, 0.2) is 0 Å². The first-order chi connectivity index (χ1) is 8.06. The van der Waals surface area contributed by atoms with Gasteiger partial charge < -0.3 is 16.8 Å². The average Bonchev–Trinajstić information content (AvgIpc) is 2.27. The molecular formula is C11H10ClIN4. The zero-order valence-electron chi connectivity index (χ0n) is 8.74. The van der Waals surface area contributed by atoms with Crippen LogP contribution in [-0.2, 0) is 0 Å². The van der Waals surface area contributed by atoms with Gasteiger partial charge in [-0.2, -0.15) is 0 Å². The number of hydrogen-bond acceptors (Lipinski definition) is 4. The molecule has 2 rings (SSSR count). The first-order valence-electron chi connectivity index (χ1n) is 4.80. The maximum absolute atomic E-state index is 6.10. The van der Waals surface area contributed by atoms with Crippen LogP contribution in [0, 0.1) is 3.57 Å². The summed E-state index contributed by atoms with van der Waals surface area (Å²) in [5.41, 5.74) is 12.5. The largest absolute Gasteiger partial charge is 0.396 e. The van der Waals surface area contributed by atoms with Crippen molar-refractivity contribution in [2.24, 2.45) is 0 Å². The third-order valence-corrected chi connectivity index (χ3v) is 3.14. The number of nitrogen functional groups attached to an aromatic ring is 2. The first-order valence-corrected chi connectivity index (χ1v) is 6.26. The first kappa shape index (κ1) is 12.3. The Morgan fingerprint density at radius 3 is 2.59 bits per heavy atom. The summed E-state index contributed by atoms with van der Waals surface area (Å²) in [5, 5.41) is 3.72. The average molecular weight is 361 g/mol. The molecule has 17 heavy (non-hydrogen) atoms. The van der Waals surface area contributed by atoms with Crippen molar-refractivity contribution in [2.45, 2.75) is 0 Å². The predicted molar refractivity (Wildman–Crippen MR) is 80.5 cm³/mol. The van der Waals surface area contributed by atoms with Gasteiger partial charge in [-0.1, -0.05) is 11.6 Å². The van der Waals surface area contributed by atoms with Gasteiger partial charge in [-0.15, -0.1) is 0 Å². The van der Waals surface area contributed by atoms with Crippen LogP contribution in [0.2, 0.25) is 5.02 Å². The van der Waals surface area contributed by atoms with Crippen LogP contribution in [0.5, 0.6) is 0 Å². The van der Waals surface area contributed by atoms with E-state index in [4.69, 9.17) is 23.1 Å². The van der Waals surface area contributed by atoms with Crippen molar-refractivity contribution in [1.29, 1.82) is 0 Å². The smallest absolute Gasteiger partial charge is 0.149 e. The van der Waals surface area contributed by atoms with Crippen LogP contribution < -0.4 is 16.8 Å².